The van der Waals surface area contributed by atoms with E-state index in [2.05, 4.69) is 21.2 Å². The van der Waals surface area contributed by atoms with Crippen molar-refractivity contribution in [3.05, 3.63) is 28.0 Å². The molecule has 0 aromatic heterocycles. The molecule has 124 valence electrons. The number of benzene rings is 1. The van der Waals surface area contributed by atoms with Gasteiger partial charge < -0.3 is 10.2 Å². The molecule has 1 aromatic carbocycles. The number of nitrogens with zero attached hydrogens (tertiary/aromatic N) is 1. The highest BCUT2D eigenvalue weighted by Crippen LogP contribution is 2.28. The zero-order valence-corrected chi connectivity index (χ0v) is 14.9. The predicted molar refractivity (Wildman–Crippen MR) is 86.1 cm³/mol. The Morgan fingerprint density at radius 1 is 1.50 bits per heavy atom. The number of hydrogen-bond donors (Lipinski definition) is 2. The molecule has 0 aliphatic carbocycles. The molecule has 1 saturated heterocycles. The van der Waals surface area contributed by atoms with Gasteiger partial charge in [0.1, 0.15) is 5.82 Å². The van der Waals surface area contributed by atoms with Gasteiger partial charge in [0.05, 0.1) is 14.9 Å². The third-order valence-corrected chi connectivity index (χ3v) is 5.50. The standard InChI is InChI=1S/C12H15BrFN3O3S.ClH/c1-17(8-2-3-16-6-8)12(18)9-4-7(14)5-10(11(9)13)21(15,19)20;/h4-5,8,16H,2-3,6H2,1H3,(H2,15,19,20);1H. The maximum absolute atomic E-state index is 13.6. The normalized spacial score (nSPS) is 17.9. The Bertz CT molecular complexity index is 680. The number of halogens is 3. The van der Waals surface area contributed by atoms with Gasteiger partial charge in [-0.05, 0) is 41.0 Å². The van der Waals surface area contributed by atoms with Crippen LogP contribution in [0.5, 0.6) is 0 Å². The van der Waals surface area contributed by atoms with Crippen LogP contribution in [0.3, 0.4) is 0 Å². The summed E-state index contributed by atoms with van der Waals surface area (Å²) in [4.78, 5) is 13.5. The first-order valence-electron chi connectivity index (χ1n) is 6.21. The van der Waals surface area contributed by atoms with E-state index in [1.165, 1.54) is 4.90 Å². The van der Waals surface area contributed by atoms with Crippen molar-refractivity contribution in [3.63, 3.8) is 0 Å². The highest BCUT2D eigenvalue weighted by atomic mass is 79.9. The summed E-state index contributed by atoms with van der Waals surface area (Å²) >= 11 is 3.04. The summed E-state index contributed by atoms with van der Waals surface area (Å²) in [7, 11) is -2.52. The number of sulfonamides is 1. The number of nitrogens with one attached hydrogen (secondary N) is 1. The summed E-state index contributed by atoms with van der Waals surface area (Å²) in [6, 6.07) is 1.78. The van der Waals surface area contributed by atoms with Crippen molar-refractivity contribution in [2.75, 3.05) is 20.1 Å². The second-order valence-corrected chi connectivity index (χ2v) is 7.20. The van der Waals surface area contributed by atoms with E-state index < -0.39 is 26.6 Å². The monoisotopic (exact) mass is 415 g/mol. The topological polar surface area (TPSA) is 92.5 Å². The van der Waals surface area contributed by atoms with Gasteiger partial charge in [-0.25, -0.2) is 17.9 Å². The first-order valence-corrected chi connectivity index (χ1v) is 8.55. The minimum Gasteiger partial charge on any atom is -0.337 e. The average molecular weight is 417 g/mol. The Morgan fingerprint density at radius 3 is 2.64 bits per heavy atom. The third kappa shape index (κ3) is 3.96. The van der Waals surface area contributed by atoms with Crippen LogP contribution in [0, 0.1) is 5.82 Å². The fourth-order valence-electron chi connectivity index (χ4n) is 2.25. The Morgan fingerprint density at radius 2 is 2.14 bits per heavy atom. The van der Waals surface area contributed by atoms with E-state index in [0.29, 0.717) is 6.54 Å². The summed E-state index contributed by atoms with van der Waals surface area (Å²) in [5, 5.41) is 8.16. The summed E-state index contributed by atoms with van der Waals surface area (Å²) in [6.45, 7) is 1.45. The van der Waals surface area contributed by atoms with Crippen LogP contribution in [-0.4, -0.2) is 45.4 Å². The SMILES string of the molecule is CN(C(=O)c1cc(F)cc(S(N)(=O)=O)c1Br)C1CCNC1.Cl. The molecule has 0 radical (unpaired) electrons. The zero-order valence-electron chi connectivity index (χ0n) is 11.7. The lowest BCUT2D eigenvalue weighted by molar-refractivity contribution is 0.0742. The fourth-order valence-corrected chi connectivity index (χ4v) is 3.96. The molecule has 22 heavy (non-hydrogen) atoms. The van der Waals surface area contributed by atoms with Crippen LogP contribution in [0.25, 0.3) is 0 Å². The summed E-state index contributed by atoms with van der Waals surface area (Å²) in [5.74, 6) is -1.29. The zero-order chi connectivity index (χ0) is 15.8. The number of nitrogens with two attached hydrogens (primary N) is 1. The Kier molecular flexibility index (Phi) is 6.34. The van der Waals surface area contributed by atoms with E-state index in [1.807, 2.05) is 0 Å². The lowest BCUT2D eigenvalue weighted by atomic mass is 10.1. The van der Waals surface area contributed by atoms with Crippen molar-refractivity contribution in [3.8, 4) is 0 Å². The third-order valence-electron chi connectivity index (χ3n) is 3.44. The largest absolute Gasteiger partial charge is 0.337 e. The van der Waals surface area contributed by atoms with Crippen LogP contribution in [-0.2, 0) is 10.0 Å². The highest BCUT2D eigenvalue weighted by molar-refractivity contribution is 9.10. The number of likely N-dealkylation sites (N-methyl/N-ethyl adjacent to an activating group) is 1. The molecule has 3 N–H and O–H groups in total. The molecule has 1 unspecified atom stereocenters. The van der Waals surface area contributed by atoms with E-state index in [1.54, 1.807) is 7.05 Å². The van der Waals surface area contributed by atoms with Crippen LogP contribution in [0.2, 0.25) is 0 Å². The predicted octanol–water partition coefficient (Wildman–Crippen LogP) is 1.09. The molecule has 6 nitrogen and oxygen atoms in total. The Balaban J connectivity index is 0.00000242. The van der Waals surface area contributed by atoms with Crippen molar-refractivity contribution in [2.45, 2.75) is 17.4 Å². The van der Waals surface area contributed by atoms with Crippen molar-refractivity contribution < 1.29 is 17.6 Å². The van der Waals surface area contributed by atoms with Gasteiger partial charge in [0.2, 0.25) is 10.0 Å². The molecule has 2 rings (SSSR count). The van der Waals surface area contributed by atoms with Gasteiger partial charge in [-0.2, -0.15) is 0 Å². The van der Waals surface area contributed by atoms with E-state index in [-0.39, 0.29) is 28.5 Å². The Labute approximate surface area is 142 Å². The van der Waals surface area contributed by atoms with Gasteiger partial charge in [-0.3, -0.25) is 4.79 Å². The second kappa shape index (κ2) is 7.22. The van der Waals surface area contributed by atoms with Crippen LogP contribution >= 0.6 is 28.3 Å². The molecule has 1 atom stereocenters. The molecule has 0 spiro atoms. The number of rotatable bonds is 3. The van der Waals surface area contributed by atoms with Crippen LogP contribution in [0.4, 0.5) is 4.39 Å². The van der Waals surface area contributed by atoms with E-state index in [0.717, 1.165) is 25.1 Å². The number of amides is 1. The van der Waals surface area contributed by atoms with Crippen molar-refractivity contribution in [1.29, 1.82) is 0 Å². The summed E-state index contributed by atoms with van der Waals surface area (Å²) in [6.07, 6.45) is 0.789. The molecule has 1 aliphatic rings. The maximum Gasteiger partial charge on any atom is 0.255 e. The van der Waals surface area contributed by atoms with Gasteiger partial charge in [0.15, 0.2) is 0 Å². The van der Waals surface area contributed by atoms with E-state index >= 15 is 0 Å². The van der Waals surface area contributed by atoms with Gasteiger partial charge >= 0.3 is 0 Å². The summed E-state index contributed by atoms with van der Waals surface area (Å²) in [5.41, 5.74) is -0.0616. The van der Waals surface area contributed by atoms with Gasteiger partial charge in [-0.15, -0.1) is 12.4 Å². The lowest BCUT2D eigenvalue weighted by Gasteiger charge is -2.24. The second-order valence-electron chi connectivity index (χ2n) is 4.87. The molecule has 1 aromatic rings. The maximum atomic E-state index is 13.6. The molecular formula is C12H16BrClFN3O3S. The van der Waals surface area contributed by atoms with Gasteiger partial charge in [0, 0.05) is 19.6 Å². The minimum absolute atomic E-state index is 0. The average Bonchev–Trinajstić information content (AvgIpc) is 2.92. The molecule has 10 heteroatoms. The quantitative estimate of drug-likeness (QED) is 0.771. The highest BCUT2D eigenvalue weighted by Gasteiger charge is 2.28. The van der Waals surface area contributed by atoms with Gasteiger partial charge in [-0.1, -0.05) is 0 Å². The molecule has 1 fully saturated rings. The molecule has 0 bridgehead atoms. The first kappa shape index (κ1) is 19.3. The lowest BCUT2D eigenvalue weighted by Crippen LogP contribution is -2.38. The first-order chi connectivity index (χ1) is 9.71. The number of primary sulfonamides is 1. The summed E-state index contributed by atoms with van der Waals surface area (Å²) < 4.78 is 36.5. The number of carbonyl (C=O) groups excluding carboxylic acids is 1. The molecule has 1 heterocycles. The van der Waals surface area contributed by atoms with Crippen molar-refractivity contribution >= 4 is 44.3 Å². The molecular weight excluding hydrogens is 401 g/mol. The van der Waals surface area contributed by atoms with Crippen LogP contribution in [0.15, 0.2) is 21.5 Å². The fraction of sp³-hybridized carbons (Fsp3) is 0.417. The minimum atomic E-state index is -4.13. The smallest absolute Gasteiger partial charge is 0.255 e. The molecule has 1 amide bonds. The Hall–Kier alpha value is -0.740. The van der Waals surface area contributed by atoms with Crippen molar-refractivity contribution in [2.24, 2.45) is 5.14 Å². The van der Waals surface area contributed by atoms with Crippen LogP contribution < -0.4 is 10.5 Å². The van der Waals surface area contributed by atoms with Gasteiger partial charge in [0.25, 0.3) is 5.91 Å². The molecule has 1 aliphatic heterocycles. The number of carbonyl (C=O) groups is 1. The van der Waals surface area contributed by atoms with E-state index in [4.69, 9.17) is 5.14 Å². The van der Waals surface area contributed by atoms with Crippen LogP contribution in [0.1, 0.15) is 16.8 Å². The van der Waals surface area contributed by atoms with E-state index in [9.17, 15) is 17.6 Å². The number of hydrogen-bond acceptors (Lipinski definition) is 4. The van der Waals surface area contributed by atoms with Crippen molar-refractivity contribution in [1.82, 2.24) is 10.2 Å². The molecule has 0 saturated carbocycles.